The molecule has 1 fully saturated rings. The minimum absolute atomic E-state index is 0.0987. The predicted octanol–water partition coefficient (Wildman–Crippen LogP) is 3.42. The Morgan fingerprint density at radius 1 is 1.21 bits per heavy atom. The van der Waals surface area contributed by atoms with Crippen LogP contribution in [0.3, 0.4) is 0 Å². The van der Waals surface area contributed by atoms with Crippen LogP contribution in [0.2, 0.25) is 5.15 Å². The number of nitrogens with zero attached hydrogens (tertiary/aromatic N) is 4. The molecule has 1 saturated heterocycles. The van der Waals surface area contributed by atoms with Crippen molar-refractivity contribution in [3.05, 3.63) is 47.4 Å². The molecule has 1 atom stereocenters. The molecule has 0 aromatic carbocycles. The largest absolute Gasteiger partial charge is 0.355 e. The number of anilines is 3. The maximum Gasteiger partial charge on any atom is 0.163 e. The molecule has 1 unspecified atom stereocenters. The van der Waals surface area contributed by atoms with Crippen molar-refractivity contribution in [2.45, 2.75) is 19.4 Å². The Balaban J connectivity index is 1.65. The van der Waals surface area contributed by atoms with Gasteiger partial charge in [-0.25, -0.2) is 9.97 Å². The number of rotatable bonds is 5. The van der Waals surface area contributed by atoms with Gasteiger partial charge in [0.05, 0.1) is 28.7 Å². The number of halogens is 1. The van der Waals surface area contributed by atoms with Gasteiger partial charge in [-0.3, -0.25) is 9.78 Å². The monoisotopic (exact) mass is 396 g/mol. The van der Waals surface area contributed by atoms with Gasteiger partial charge < -0.3 is 15.5 Å². The van der Waals surface area contributed by atoms with Crippen LogP contribution in [0.4, 0.5) is 17.2 Å². The van der Waals surface area contributed by atoms with Crippen molar-refractivity contribution in [1.82, 2.24) is 20.3 Å². The number of ketones is 1. The van der Waals surface area contributed by atoms with Gasteiger partial charge >= 0.3 is 0 Å². The normalized spacial score (nSPS) is 16.5. The molecule has 0 radical (unpaired) electrons. The molecule has 4 rings (SSSR count). The SMILES string of the molecule is CNC1CCN(c2ccc(Nc3c(C(C)=O)cnc4ccc(Cl)nc34)cn2)C1. The number of hydrogen-bond donors (Lipinski definition) is 2. The summed E-state index contributed by atoms with van der Waals surface area (Å²) >= 11 is 6.07. The lowest BCUT2D eigenvalue weighted by molar-refractivity contribution is 0.101. The zero-order valence-electron chi connectivity index (χ0n) is 15.7. The Kier molecular flexibility index (Phi) is 5.11. The molecule has 3 aromatic heterocycles. The molecule has 3 aromatic rings. The summed E-state index contributed by atoms with van der Waals surface area (Å²) in [7, 11) is 1.99. The first-order chi connectivity index (χ1) is 13.5. The second kappa shape index (κ2) is 7.69. The van der Waals surface area contributed by atoms with Gasteiger partial charge in [-0.1, -0.05) is 11.6 Å². The number of likely N-dealkylation sites (N-methyl/N-ethyl adjacent to an activating group) is 1. The standard InChI is InChI=1S/C20H21ClN6O/c1-12(28)15-10-23-16-4-5-17(21)26-20(16)19(15)25-13-3-6-18(24-9-13)27-8-7-14(11-27)22-2/h3-6,9-10,14,22H,7-8,11H2,1-2H3,(H,23,25). The van der Waals surface area contributed by atoms with Crippen molar-refractivity contribution < 1.29 is 4.79 Å². The molecule has 2 N–H and O–H groups in total. The van der Waals surface area contributed by atoms with Gasteiger partial charge in [-0.15, -0.1) is 0 Å². The van der Waals surface area contributed by atoms with Crippen LogP contribution >= 0.6 is 11.6 Å². The molecule has 1 aliphatic heterocycles. The zero-order chi connectivity index (χ0) is 19.7. The highest BCUT2D eigenvalue weighted by Gasteiger charge is 2.22. The molecule has 28 heavy (non-hydrogen) atoms. The molecule has 0 amide bonds. The summed E-state index contributed by atoms with van der Waals surface area (Å²) in [6.45, 7) is 3.44. The maximum atomic E-state index is 12.1. The third-order valence-corrected chi connectivity index (χ3v) is 5.21. The minimum Gasteiger partial charge on any atom is -0.355 e. The number of pyridine rings is 3. The second-order valence-electron chi connectivity index (χ2n) is 6.86. The van der Waals surface area contributed by atoms with Crippen LogP contribution in [0.5, 0.6) is 0 Å². The number of fused-ring (bicyclic) bond motifs is 1. The van der Waals surface area contributed by atoms with Crippen LogP contribution in [0.15, 0.2) is 36.7 Å². The summed E-state index contributed by atoms with van der Waals surface area (Å²) in [6.07, 6.45) is 4.44. The van der Waals surface area contributed by atoms with E-state index in [4.69, 9.17) is 11.6 Å². The smallest absolute Gasteiger partial charge is 0.163 e. The van der Waals surface area contributed by atoms with E-state index in [-0.39, 0.29) is 5.78 Å². The molecule has 4 heterocycles. The molecule has 0 saturated carbocycles. The van der Waals surface area contributed by atoms with E-state index in [9.17, 15) is 4.79 Å². The van der Waals surface area contributed by atoms with Gasteiger partial charge in [0.15, 0.2) is 5.78 Å². The fourth-order valence-electron chi connectivity index (χ4n) is 3.43. The minimum atomic E-state index is -0.0987. The highest BCUT2D eigenvalue weighted by Crippen LogP contribution is 2.29. The van der Waals surface area contributed by atoms with Gasteiger partial charge in [-0.2, -0.15) is 0 Å². The van der Waals surface area contributed by atoms with Gasteiger partial charge in [-0.05, 0) is 44.7 Å². The first-order valence-corrected chi connectivity index (χ1v) is 9.54. The molecule has 0 spiro atoms. The van der Waals surface area contributed by atoms with Crippen LogP contribution < -0.4 is 15.5 Å². The predicted molar refractivity (Wildman–Crippen MR) is 112 cm³/mol. The van der Waals surface area contributed by atoms with Gasteiger partial charge in [0.1, 0.15) is 16.5 Å². The maximum absolute atomic E-state index is 12.1. The Morgan fingerprint density at radius 3 is 2.75 bits per heavy atom. The highest BCUT2D eigenvalue weighted by molar-refractivity contribution is 6.30. The van der Waals surface area contributed by atoms with Gasteiger partial charge in [0, 0.05) is 25.3 Å². The average Bonchev–Trinajstić information content (AvgIpc) is 3.18. The molecule has 0 aliphatic carbocycles. The highest BCUT2D eigenvalue weighted by atomic mass is 35.5. The summed E-state index contributed by atoms with van der Waals surface area (Å²) in [4.78, 5) is 27.6. The van der Waals surface area contributed by atoms with E-state index in [1.165, 1.54) is 6.92 Å². The van der Waals surface area contributed by atoms with Crippen molar-refractivity contribution in [1.29, 1.82) is 0 Å². The van der Waals surface area contributed by atoms with Crippen LogP contribution in [0, 0.1) is 0 Å². The van der Waals surface area contributed by atoms with Crippen molar-refractivity contribution in [3.63, 3.8) is 0 Å². The number of aromatic nitrogens is 3. The third kappa shape index (κ3) is 3.63. The third-order valence-electron chi connectivity index (χ3n) is 5.00. The zero-order valence-corrected chi connectivity index (χ0v) is 16.5. The molecule has 144 valence electrons. The molecule has 0 bridgehead atoms. The molecular weight excluding hydrogens is 376 g/mol. The van der Waals surface area contributed by atoms with E-state index in [0.29, 0.717) is 33.5 Å². The summed E-state index contributed by atoms with van der Waals surface area (Å²) < 4.78 is 0. The van der Waals surface area contributed by atoms with E-state index in [1.54, 1.807) is 24.5 Å². The average molecular weight is 397 g/mol. The second-order valence-corrected chi connectivity index (χ2v) is 7.24. The molecule has 8 heteroatoms. The first kappa shape index (κ1) is 18.6. The Bertz CT molecular complexity index is 1020. The van der Waals surface area contributed by atoms with E-state index >= 15 is 0 Å². The van der Waals surface area contributed by atoms with Crippen LogP contribution in [0.1, 0.15) is 23.7 Å². The van der Waals surface area contributed by atoms with Crippen molar-refractivity contribution in [2.75, 3.05) is 30.4 Å². The number of carbonyl (C=O) groups is 1. The van der Waals surface area contributed by atoms with Crippen molar-refractivity contribution >= 4 is 45.6 Å². The Morgan fingerprint density at radius 2 is 2.07 bits per heavy atom. The number of nitrogens with one attached hydrogen (secondary N) is 2. The van der Waals surface area contributed by atoms with Crippen LogP contribution in [0.25, 0.3) is 11.0 Å². The molecule has 1 aliphatic rings. The van der Waals surface area contributed by atoms with E-state index in [0.717, 1.165) is 31.0 Å². The summed E-state index contributed by atoms with van der Waals surface area (Å²) in [5.74, 6) is 0.842. The lowest BCUT2D eigenvalue weighted by Crippen LogP contribution is -2.29. The summed E-state index contributed by atoms with van der Waals surface area (Å²) in [5.41, 5.74) is 3.04. The number of carbonyl (C=O) groups excluding carboxylic acids is 1. The quantitative estimate of drug-likeness (QED) is 0.505. The lowest BCUT2D eigenvalue weighted by atomic mass is 10.1. The van der Waals surface area contributed by atoms with E-state index in [1.807, 2.05) is 19.2 Å². The van der Waals surface area contributed by atoms with Crippen LogP contribution in [-0.2, 0) is 0 Å². The fraction of sp³-hybridized carbons (Fsp3) is 0.300. The van der Waals surface area contributed by atoms with E-state index < -0.39 is 0 Å². The molecular formula is C20H21ClN6O. The Hall–Kier alpha value is -2.77. The summed E-state index contributed by atoms with van der Waals surface area (Å²) in [6, 6.07) is 7.90. The van der Waals surface area contributed by atoms with Gasteiger partial charge in [0.2, 0.25) is 0 Å². The fourth-order valence-corrected chi connectivity index (χ4v) is 3.58. The lowest BCUT2D eigenvalue weighted by Gasteiger charge is -2.18. The first-order valence-electron chi connectivity index (χ1n) is 9.16. The Labute approximate surface area is 168 Å². The summed E-state index contributed by atoms with van der Waals surface area (Å²) in [5, 5.41) is 6.94. The van der Waals surface area contributed by atoms with Crippen LogP contribution in [-0.4, -0.2) is 46.9 Å². The topological polar surface area (TPSA) is 83.0 Å². The van der Waals surface area contributed by atoms with Crippen molar-refractivity contribution in [3.8, 4) is 0 Å². The number of hydrogen-bond acceptors (Lipinski definition) is 7. The van der Waals surface area contributed by atoms with Gasteiger partial charge in [0.25, 0.3) is 0 Å². The molecule has 7 nitrogen and oxygen atoms in total. The number of Topliss-reactive ketones (excluding diaryl/α,β-unsaturated/α-hetero) is 1. The van der Waals surface area contributed by atoms with Crippen molar-refractivity contribution in [2.24, 2.45) is 0 Å². The van der Waals surface area contributed by atoms with E-state index in [2.05, 4.69) is 30.5 Å².